The molecule has 0 fully saturated rings. The molecular formula is C11H15F3N2O. The molecule has 0 aliphatic rings. The van der Waals surface area contributed by atoms with Crippen LogP contribution in [0.4, 0.5) is 13.2 Å². The average molecular weight is 248 g/mol. The number of halogens is 3. The van der Waals surface area contributed by atoms with Gasteiger partial charge in [0.2, 0.25) is 0 Å². The SMILES string of the molecule is NCCC[C@H](N)c1cccc(OC(F)(F)F)c1. The Kier molecular flexibility index (Phi) is 4.77. The van der Waals surface area contributed by atoms with E-state index in [0.29, 0.717) is 18.5 Å². The highest BCUT2D eigenvalue weighted by Gasteiger charge is 2.31. The quantitative estimate of drug-likeness (QED) is 0.840. The van der Waals surface area contributed by atoms with Gasteiger partial charge in [0.05, 0.1) is 0 Å². The fraction of sp³-hybridized carbons (Fsp3) is 0.455. The van der Waals surface area contributed by atoms with Gasteiger partial charge in [-0.3, -0.25) is 0 Å². The molecule has 3 nitrogen and oxygen atoms in total. The van der Waals surface area contributed by atoms with Gasteiger partial charge in [-0.15, -0.1) is 13.2 Å². The first-order chi connectivity index (χ1) is 7.92. The van der Waals surface area contributed by atoms with Gasteiger partial charge in [-0.25, -0.2) is 0 Å². The number of alkyl halides is 3. The van der Waals surface area contributed by atoms with Crippen LogP contribution in [0.25, 0.3) is 0 Å². The molecule has 1 atom stereocenters. The molecule has 17 heavy (non-hydrogen) atoms. The van der Waals surface area contributed by atoms with E-state index < -0.39 is 6.36 Å². The molecule has 96 valence electrons. The molecule has 0 radical (unpaired) electrons. The molecule has 0 bridgehead atoms. The fourth-order valence-corrected chi connectivity index (χ4v) is 1.45. The lowest BCUT2D eigenvalue weighted by Crippen LogP contribution is -2.18. The van der Waals surface area contributed by atoms with Crippen molar-refractivity contribution >= 4 is 0 Å². The summed E-state index contributed by atoms with van der Waals surface area (Å²) in [6, 6.07) is 5.38. The Morgan fingerprint density at radius 1 is 1.29 bits per heavy atom. The van der Waals surface area contributed by atoms with Crippen LogP contribution in [-0.2, 0) is 0 Å². The van der Waals surface area contributed by atoms with Crippen LogP contribution in [0.5, 0.6) is 5.75 Å². The minimum atomic E-state index is -4.68. The number of rotatable bonds is 5. The van der Waals surface area contributed by atoms with E-state index in [1.165, 1.54) is 18.2 Å². The first-order valence-corrected chi connectivity index (χ1v) is 5.24. The van der Waals surface area contributed by atoms with E-state index in [9.17, 15) is 13.2 Å². The summed E-state index contributed by atoms with van der Waals surface area (Å²) in [6.45, 7) is 0.506. The third-order valence-electron chi connectivity index (χ3n) is 2.24. The normalized spacial score (nSPS) is 13.5. The summed E-state index contributed by atoms with van der Waals surface area (Å²) in [4.78, 5) is 0. The lowest BCUT2D eigenvalue weighted by Gasteiger charge is -2.14. The summed E-state index contributed by atoms with van der Waals surface area (Å²) in [7, 11) is 0. The molecule has 4 N–H and O–H groups in total. The number of hydrogen-bond donors (Lipinski definition) is 2. The van der Waals surface area contributed by atoms with Crippen LogP contribution < -0.4 is 16.2 Å². The van der Waals surface area contributed by atoms with E-state index in [0.717, 1.165) is 6.42 Å². The van der Waals surface area contributed by atoms with Crippen molar-refractivity contribution in [2.75, 3.05) is 6.54 Å². The Bertz CT molecular complexity index is 355. The molecule has 0 saturated heterocycles. The lowest BCUT2D eigenvalue weighted by molar-refractivity contribution is -0.274. The largest absolute Gasteiger partial charge is 0.573 e. The van der Waals surface area contributed by atoms with Crippen molar-refractivity contribution in [1.82, 2.24) is 0 Å². The monoisotopic (exact) mass is 248 g/mol. The van der Waals surface area contributed by atoms with Crippen LogP contribution in [0, 0.1) is 0 Å². The predicted molar refractivity (Wildman–Crippen MR) is 58.3 cm³/mol. The van der Waals surface area contributed by atoms with Crippen LogP contribution in [0.15, 0.2) is 24.3 Å². The van der Waals surface area contributed by atoms with Crippen molar-refractivity contribution in [3.63, 3.8) is 0 Å². The highest BCUT2D eigenvalue weighted by molar-refractivity contribution is 5.30. The Labute approximate surface area is 97.5 Å². The second-order valence-corrected chi connectivity index (χ2v) is 3.66. The van der Waals surface area contributed by atoms with Gasteiger partial charge in [-0.1, -0.05) is 12.1 Å². The molecule has 0 spiro atoms. The van der Waals surface area contributed by atoms with Crippen LogP contribution in [-0.4, -0.2) is 12.9 Å². The maximum atomic E-state index is 12.0. The third kappa shape index (κ3) is 5.06. The summed E-state index contributed by atoms with van der Waals surface area (Å²) in [5.41, 5.74) is 11.8. The molecule has 0 aromatic heterocycles. The van der Waals surface area contributed by atoms with Crippen molar-refractivity contribution in [3.05, 3.63) is 29.8 Å². The molecule has 0 aliphatic carbocycles. The average Bonchev–Trinajstić information content (AvgIpc) is 2.24. The number of benzene rings is 1. The highest BCUT2D eigenvalue weighted by Crippen LogP contribution is 2.26. The molecule has 0 aliphatic heterocycles. The van der Waals surface area contributed by atoms with E-state index in [-0.39, 0.29) is 11.8 Å². The minimum absolute atomic E-state index is 0.252. The zero-order valence-electron chi connectivity index (χ0n) is 9.20. The molecule has 0 unspecified atom stereocenters. The van der Waals surface area contributed by atoms with Crippen molar-refractivity contribution < 1.29 is 17.9 Å². The Hall–Kier alpha value is -1.27. The Balaban J connectivity index is 2.71. The highest BCUT2D eigenvalue weighted by atomic mass is 19.4. The topological polar surface area (TPSA) is 61.3 Å². The zero-order valence-corrected chi connectivity index (χ0v) is 9.20. The van der Waals surface area contributed by atoms with Gasteiger partial charge >= 0.3 is 6.36 Å². The summed E-state index contributed by atoms with van der Waals surface area (Å²) in [5.74, 6) is -0.252. The summed E-state index contributed by atoms with van der Waals surface area (Å²) in [5, 5.41) is 0. The van der Waals surface area contributed by atoms with Gasteiger partial charge in [-0.05, 0) is 37.1 Å². The van der Waals surface area contributed by atoms with Gasteiger partial charge in [0.25, 0.3) is 0 Å². The van der Waals surface area contributed by atoms with Gasteiger partial charge < -0.3 is 16.2 Å². The van der Waals surface area contributed by atoms with E-state index in [4.69, 9.17) is 11.5 Å². The Morgan fingerprint density at radius 3 is 2.59 bits per heavy atom. The van der Waals surface area contributed by atoms with Crippen molar-refractivity contribution in [2.45, 2.75) is 25.2 Å². The molecule has 1 aromatic rings. The fourth-order valence-electron chi connectivity index (χ4n) is 1.45. The standard InChI is InChI=1S/C11H15F3N2O/c12-11(13,14)17-9-4-1-3-8(7-9)10(16)5-2-6-15/h1,3-4,7,10H,2,5-6,15-16H2/t10-/m0/s1. The predicted octanol–water partition coefficient (Wildman–Crippen LogP) is 2.32. The molecule has 0 amide bonds. The maximum absolute atomic E-state index is 12.0. The van der Waals surface area contributed by atoms with Crippen molar-refractivity contribution in [2.24, 2.45) is 11.5 Å². The van der Waals surface area contributed by atoms with Crippen LogP contribution in [0.1, 0.15) is 24.4 Å². The van der Waals surface area contributed by atoms with Crippen LogP contribution in [0.3, 0.4) is 0 Å². The zero-order chi connectivity index (χ0) is 12.9. The van der Waals surface area contributed by atoms with E-state index in [1.54, 1.807) is 6.07 Å². The van der Waals surface area contributed by atoms with Crippen LogP contribution >= 0.6 is 0 Å². The van der Waals surface area contributed by atoms with E-state index in [1.807, 2.05) is 0 Å². The second kappa shape index (κ2) is 5.88. The van der Waals surface area contributed by atoms with Gasteiger partial charge in [0.15, 0.2) is 0 Å². The third-order valence-corrected chi connectivity index (χ3v) is 2.24. The number of ether oxygens (including phenoxy) is 1. The first-order valence-electron chi connectivity index (χ1n) is 5.24. The van der Waals surface area contributed by atoms with Crippen LogP contribution in [0.2, 0.25) is 0 Å². The molecule has 0 heterocycles. The molecule has 0 saturated carbocycles. The van der Waals surface area contributed by atoms with E-state index >= 15 is 0 Å². The molecule has 1 rings (SSSR count). The molecule has 6 heteroatoms. The summed E-state index contributed by atoms with van der Waals surface area (Å²) < 4.78 is 39.8. The maximum Gasteiger partial charge on any atom is 0.573 e. The molecule has 1 aromatic carbocycles. The molecular weight excluding hydrogens is 233 g/mol. The van der Waals surface area contributed by atoms with Gasteiger partial charge in [0, 0.05) is 6.04 Å². The van der Waals surface area contributed by atoms with Gasteiger partial charge in [0.1, 0.15) is 5.75 Å². The summed E-state index contributed by atoms with van der Waals surface area (Å²) >= 11 is 0. The number of nitrogens with two attached hydrogens (primary N) is 2. The minimum Gasteiger partial charge on any atom is -0.406 e. The smallest absolute Gasteiger partial charge is 0.406 e. The Morgan fingerprint density at radius 2 is 2.00 bits per heavy atom. The lowest BCUT2D eigenvalue weighted by atomic mass is 10.0. The first kappa shape index (κ1) is 13.8. The van der Waals surface area contributed by atoms with E-state index in [2.05, 4.69) is 4.74 Å². The number of hydrogen-bond acceptors (Lipinski definition) is 3. The van der Waals surface area contributed by atoms with Gasteiger partial charge in [-0.2, -0.15) is 0 Å². The summed E-state index contributed by atoms with van der Waals surface area (Å²) in [6.07, 6.45) is -3.32. The second-order valence-electron chi connectivity index (χ2n) is 3.66. The van der Waals surface area contributed by atoms with Crippen molar-refractivity contribution in [1.29, 1.82) is 0 Å². The van der Waals surface area contributed by atoms with Crippen molar-refractivity contribution in [3.8, 4) is 5.75 Å².